The summed E-state index contributed by atoms with van der Waals surface area (Å²) in [6, 6.07) is 5.36. The molecule has 6 heterocycles. The van der Waals surface area contributed by atoms with Gasteiger partial charge in [-0.05, 0) is 113 Å². The van der Waals surface area contributed by atoms with Gasteiger partial charge in [-0.2, -0.15) is 9.97 Å². The van der Waals surface area contributed by atoms with Crippen molar-refractivity contribution in [2.24, 2.45) is 27.6 Å². The Bertz CT molecular complexity index is 1900. The minimum atomic E-state index is 0.113. The van der Waals surface area contributed by atoms with E-state index in [4.69, 9.17) is 27.3 Å². The molecule has 284 valence electrons. The molecular weight excluding hydrogens is 680 g/mol. The van der Waals surface area contributed by atoms with Gasteiger partial charge in [0.2, 0.25) is 11.2 Å². The van der Waals surface area contributed by atoms with Crippen LogP contribution in [0, 0.1) is 11.8 Å². The Kier molecular flexibility index (Phi) is 10.9. The van der Waals surface area contributed by atoms with E-state index in [9.17, 15) is 0 Å². The molecule has 3 N–H and O–H groups in total. The van der Waals surface area contributed by atoms with E-state index in [2.05, 4.69) is 60.4 Å². The van der Waals surface area contributed by atoms with Gasteiger partial charge in [0.05, 0.1) is 35.6 Å². The van der Waals surface area contributed by atoms with Crippen LogP contribution in [-0.2, 0) is 11.1 Å². The Morgan fingerprint density at radius 2 is 1.15 bits per heavy atom. The van der Waals surface area contributed by atoms with Crippen molar-refractivity contribution in [1.82, 2.24) is 29.1 Å². The summed E-state index contributed by atoms with van der Waals surface area (Å²) in [5.41, 5.74) is 10.3. The molecule has 0 amide bonds. The van der Waals surface area contributed by atoms with Gasteiger partial charge >= 0.3 is 0 Å². The van der Waals surface area contributed by atoms with Crippen LogP contribution in [0.15, 0.2) is 34.5 Å². The van der Waals surface area contributed by atoms with E-state index >= 15 is 0 Å². The zero-order valence-corrected chi connectivity index (χ0v) is 32.7. The molecule has 4 aliphatic carbocycles. The standard InChI is InChI=1S/C21H29N5.C14H15ClN4.C7H15N/c1-15-5-7-17(8-6-15)24-20-23-12-16-11-18-13-22-14-21(9-3-2-4-10-21)26(18)19(16)25-20;15-13-17-7-10-6-11-8-16-9-14(4-2-1-3-5-14)19(11)12(10)18-13;1-6-2-4-7(8)5-3-6/h11-13,15,17H,2-10,14H2,1H3,(H,23,24,25);6-8H,1-5,9H2;6-7H,2-5,8H2,1H3. The summed E-state index contributed by atoms with van der Waals surface area (Å²) in [6.07, 6.45) is 30.7. The fraction of sp³-hybridized carbons (Fsp3) is 0.667. The number of nitrogens with one attached hydrogen (secondary N) is 1. The van der Waals surface area contributed by atoms with Crippen molar-refractivity contribution in [2.45, 2.75) is 153 Å². The number of hydrogen-bond acceptors (Lipinski definition) is 8. The van der Waals surface area contributed by atoms with E-state index in [0.29, 0.717) is 17.4 Å². The van der Waals surface area contributed by atoms with E-state index in [1.165, 1.54) is 121 Å². The smallest absolute Gasteiger partial charge is 0.224 e. The van der Waals surface area contributed by atoms with Gasteiger partial charge < -0.3 is 20.2 Å². The van der Waals surface area contributed by atoms with E-state index < -0.39 is 0 Å². The average molecular weight is 739 g/mol. The number of aliphatic imine (C=N–C) groups is 2. The van der Waals surface area contributed by atoms with Crippen LogP contribution in [0.3, 0.4) is 0 Å². The van der Waals surface area contributed by atoms with Crippen molar-refractivity contribution in [1.29, 1.82) is 0 Å². The molecule has 0 unspecified atom stereocenters. The zero-order valence-electron chi connectivity index (χ0n) is 31.9. The van der Waals surface area contributed by atoms with Crippen molar-refractivity contribution in [2.75, 3.05) is 18.4 Å². The molecule has 10 rings (SSSR count). The number of aromatic nitrogens is 6. The molecule has 0 atom stereocenters. The first-order valence-electron chi connectivity index (χ1n) is 20.8. The number of nitrogens with two attached hydrogens (primary N) is 1. The molecule has 53 heavy (non-hydrogen) atoms. The lowest BCUT2D eigenvalue weighted by molar-refractivity contribution is 0.204. The highest BCUT2D eigenvalue weighted by molar-refractivity contribution is 6.28. The molecule has 0 bridgehead atoms. The van der Waals surface area contributed by atoms with Gasteiger partial charge in [-0.25, -0.2) is 9.97 Å². The number of nitrogens with zero attached hydrogens (tertiary/aromatic N) is 8. The number of halogens is 1. The molecular formula is C42H59ClN10. The van der Waals surface area contributed by atoms with Crippen LogP contribution in [0.4, 0.5) is 5.95 Å². The van der Waals surface area contributed by atoms with Gasteiger partial charge in [0, 0.05) is 47.7 Å². The lowest BCUT2D eigenvalue weighted by Crippen LogP contribution is -2.42. The minimum absolute atomic E-state index is 0.113. The number of rotatable bonds is 2. The lowest BCUT2D eigenvalue weighted by atomic mass is 9.80. The fourth-order valence-electron chi connectivity index (χ4n) is 10.1. The monoisotopic (exact) mass is 738 g/mol. The predicted octanol–water partition coefficient (Wildman–Crippen LogP) is 9.21. The molecule has 10 nitrogen and oxygen atoms in total. The molecule has 11 heteroatoms. The Labute approximate surface area is 319 Å². The van der Waals surface area contributed by atoms with Crippen LogP contribution in [0.25, 0.3) is 22.1 Å². The fourth-order valence-corrected chi connectivity index (χ4v) is 10.2. The van der Waals surface area contributed by atoms with Crippen LogP contribution in [0.2, 0.25) is 5.28 Å². The molecule has 4 aromatic rings. The Morgan fingerprint density at radius 1 is 0.660 bits per heavy atom. The molecule has 0 radical (unpaired) electrons. The van der Waals surface area contributed by atoms with Crippen LogP contribution in [0.1, 0.15) is 141 Å². The largest absolute Gasteiger partial charge is 0.351 e. The molecule has 0 saturated heterocycles. The van der Waals surface area contributed by atoms with Crippen LogP contribution < -0.4 is 11.1 Å². The first kappa shape index (κ1) is 36.6. The summed E-state index contributed by atoms with van der Waals surface area (Å²) in [6.45, 7) is 6.44. The van der Waals surface area contributed by atoms with Crippen molar-refractivity contribution in [3.63, 3.8) is 0 Å². The quantitative estimate of drug-likeness (QED) is 0.198. The van der Waals surface area contributed by atoms with Crippen LogP contribution in [-0.4, -0.2) is 66.7 Å². The summed E-state index contributed by atoms with van der Waals surface area (Å²) >= 11 is 5.98. The SMILES string of the molecule is CC1CCC(N)CC1.CC1CCC(Nc2ncc3cc4n(c3n2)C2(CCCCC2)CN=C4)CC1.Clc1ncc2cc3n(c2n1)C1(CCCCC1)CN=C3. The molecule has 2 aliphatic heterocycles. The molecule has 4 saturated carbocycles. The van der Waals surface area contributed by atoms with Gasteiger partial charge in [-0.3, -0.25) is 9.98 Å². The summed E-state index contributed by atoms with van der Waals surface area (Å²) in [7, 11) is 0. The van der Waals surface area contributed by atoms with E-state index in [1.807, 2.05) is 18.6 Å². The van der Waals surface area contributed by atoms with Crippen LogP contribution >= 0.6 is 11.6 Å². The maximum Gasteiger partial charge on any atom is 0.224 e. The van der Waals surface area contributed by atoms with Gasteiger partial charge in [-0.15, -0.1) is 0 Å². The second-order valence-corrected chi connectivity index (χ2v) is 17.7. The molecule has 2 spiro atoms. The highest BCUT2D eigenvalue weighted by Crippen LogP contribution is 2.42. The summed E-state index contributed by atoms with van der Waals surface area (Å²) in [4.78, 5) is 27.4. The van der Waals surface area contributed by atoms with Crippen LogP contribution in [0.5, 0.6) is 0 Å². The maximum absolute atomic E-state index is 5.98. The van der Waals surface area contributed by atoms with Gasteiger partial charge in [0.25, 0.3) is 0 Å². The molecule has 4 fully saturated rings. The highest BCUT2D eigenvalue weighted by atomic mass is 35.5. The first-order valence-corrected chi connectivity index (χ1v) is 21.1. The van der Waals surface area contributed by atoms with Crippen molar-refractivity contribution < 1.29 is 0 Å². The minimum Gasteiger partial charge on any atom is -0.351 e. The second-order valence-electron chi connectivity index (χ2n) is 17.3. The van der Waals surface area contributed by atoms with Gasteiger partial charge in [-0.1, -0.05) is 52.4 Å². The molecule has 4 aromatic heterocycles. The number of fused-ring (bicyclic) bond motifs is 8. The lowest BCUT2D eigenvalue weighted by Gasteiger charge is -2.40. The van der Waals surface area contributed by atoms with Crippen molar-refractivity contribution in [3.8, 4) is 0 Å². The third kappa shape index (κ3) is 7.77. The van der Waals surface area contributed by atoms with Gasteiger partial charge in [0.1, 0.15) is 11.3 Å². The topological polar surface area (TPSA) is 124 Å². The van der Waals surface area contributed by atoms with Crippen molar-refractivity contribution in [3.05, 3.63) is 41.2 Å². The summed E-state index contributed by atoms with van der Waals surface area (Å²) in [5.74, 6) is 2.60. The molecule has 6 aliphatic rings. The van der Waals surface area contributed by atoms with E-state index in [1.54, 1.807) is 6.20 Å². The Morgan fingerprint density at radius 3 is 1.68 bits per heavy atom. The van der Waals surface area contributed by atoms with Gasteiger partial charge in [0.15, 0.2) is 0 Å². The number of anilines is 1. The Hall–Kier alpha value is -3.37. The van der Waals surface area contributed by atoms with E-state index in [-0.39, 0.29) is 11.1 Å². The zero-order chi connectivity index (χ0) is 36.4. The maximum atomic E-state index is 5.98. The van der Waals surface area contributed by atoms with E-state index in [0.717, 1.165) is 58.6 Å². The Balaban J connectivity index is 0.000000129. The predicted molar refractivity (Wildman–Crippen MR) is 218 cm³/mol. The summed E-state index contributed by atoms with van der Waals surface area (Å²) in [5, 5.41) is 6.13. The third-order valence-electron chi connectivity index (χ3n) is 13.3. The normalized spacial score (nSPS) is 27.0. The summed E-state index contributed by atoms with van der Waals surface area (Å²) < 4.78 is 4.85. The third-order valence-corrected chi connectivity index (χ3v) is 13.4. The number of hydrogen-bond donors (Lipinski definition) is 2. The van der Waals surface area contributed by atoms with Crippen molar-refractivity contribution >= 4 is 52.0 Å². The highest BCUT2D eigenvalue weighted by Gasteiger charge is 2.39. The second kappa shape index (κ2) is 15.8. The average Bonchev–Trinajstić information content (AvgIpc) is 3.75. The molecule has 0 aromatic carbocycles. The first-order chi connectivity index (χ1) is 25.8.